The highest BCUT2D eigenvalue weighted by atomic mass is 19.1. The molecule has 0 aliphatic heterocycles. The molecular weight excluding hydrogens is 241 g/mol. The fourth-order valence-electron chi connectivity index (χ4n) is 2.23. The molecule has 1 unspecified atom stereocenters. The Kier molecular flexibility index (Phi) is 2.91. The molecule has 2 N–H and O–H groups in total. The molecule has 4 heteroatoms. The van der Waals surface area contributed by atoms with Crippen molar-refractivity contribution < 1.29 is 4.39 Å². The Balaban J connectivity index is 1.93. The number of aromatic amines is 1. The summed E-state index contributed by atoms with van der Waals surface area (Å²) in [5, 5.41) is 11.3. The number of aromatic nitrogens is 2. The molecule has 1 atom stereocenters. The molecule has 0 spiro atoms. The van der Waals surface area contributed by atoms with E-state index in [1.807, 2.05) is 31.2 Å². The monoisotopic (exact) mass is 255 g/mol. The lowest BCUT2D eigenvalue weighted by atomic mass is 10.1. The zero-order valence-corrected chi connectivity index (χ0v) is 10.5. The standard InChI is InChI=1S/C15H14FN3/c1-10(11-5-2-3-6-13(11)16)18-14-7-4-8-15-12(14)9-17-19-15/h2-10,18H,1H3,(H,17,19). The van der Waals surface area contributed by atoms with E-state index in [1.54, 1.807) is 18.3 Å². The predicted octanol–water partition coefficient (Wildman–Crippen LogP) is 3.88. The van der Waals surface area contributed by atoms with Crippen LogP contribution in [0.2, 0.25) is 0 Å². The highest BCUT2D eigenvalue weighted by Gasteiger charge is 2.11. The highest BCUT2D eigenvalue weighted by Crippen LogP contribution is 2.26. The van der Waals surface area contributed by atoms with Crippen molar-refractivity contribution in [3.8, 4) is 0 Å². The van der Waals surface area contributed by atoms with Crippen molar-refractivity contribution in [3.63, 3.8) is 0 Å². The average molecular weight is 255 g/mol. The first-order valence-electron chi connectivity index (χ1n) is 6.19. The summed E-state index contributed by atoms with van der Waals surface area (Å²) in [4.78, 5) is 0. The summed E-state index contributed by atoms with van der Waals surface area (Å²) in [5.41, 5.74) is 2.57. The minimum atomic E-state index is -0.193. The van der Waals surface area contributed by atoms with Crippen LogP contribution in [0, 0.1) is 5.82 Å². The first-order chi connectivity index (χ1) is 9.25. The second-order valence-corrected chi connectivity index (χ2v) is 4.52. The van der Waals surface area contributed by atoms with Crippen LogP contribution in [0.4, 0.5) is 10.1 Å². The van der Waals surface area contributed by atoms with Crippen LogP contribution in [0.1, 0.15) is 18.5 Å². The normalized spacial score (nSPS) is 12.5. The van der Waals surface area contributed by atoms with Gasteiger partial charge in [0.25, 0.3) is 0 Å². The zero-order chi connectivity index (χ0) is 13.2. The van der Waals surface area contributed by atoms with Crippen molar-refractivity contribution in [3.05, 3.63) is 60.0 Å². The summed E-state index contributed by atoms with van der Waals surface area (Å²) >= 11 is 0. The van der Waals surface area contributed by atoms with Crippen LogP contribution < -0.4 is 5.32 Å². The van der Waals surface area contributed by atoms with Crippen LogP contribution in [-0.4, -0.2) is 10.2 Å². The Labute approximate surface area is 110 Å². The highest BCUT2D eigenvalue weighted by molar-refractivity contribution is 5.90. The van der Waals surface area contributed by atoms with Crippen molar-refractivity contribution >= 4 is 16.6 Å². The first kappa shape index (κ1) is 11.7. The average Bonchev–Trinajstić information content (AvgIpc) is 2.88. The quantitative estimate of drug-likeness (QED) is 0.745. The van der Waals surface area contributed by atoms with Gasteiger partial charge in [0.15, 0.2) is 0 Å². The zero-order valence-electron chi connectivity index (χ0n) is 10.5. The van der Waals surface area contributed by atoms with Crippen molar-refractivity contribution in [1.82, 2.24) is 10.2 Å². The number of nitrogens with zero attached hydrogens (tertiary/aromatic N) is 1. The summed E-state index contributed by atoms with van der Waals surface area (Å²) in [6.45, 7) is 1.94. The van der Waals surface area contributed by atoms with E-state index < -0.39 is 0 Å². The van der Waals surface area contributed by atoms with Gasteiger partial charge in [-0.3, -0.25) is 5.10 Å². The van der Waals surface area contributed by atoms with E-state index in [0.29, 0.717) is 5.56 Å². The molecule has 1 aromatic heterocycles. The molecule has 0 fully saturated rings. The van der Waals surface area contributed by atoms with E-state index in [0.717, 1.165) is 16.6 Å². The van der Waals surface area contributed by atoms with E-state index in [4.69, 9.17) is 0 Å². The molecule has 0 saturated heterocycles. The summed E-state index contributed by atoms with van der Waals surface area (Å²) in [6, 6.07) is 12.6. The Bertz CT molecular complexity index is 705. The Morgan fingerprint density at radius 1 is 1.16 bits per heavy atom. The lowest BCUT2D eigenvalue weighted by Crippen LogP contribution is -2.08. The molecule has 0 aliphatic rings. The van der Waals surface area contributed by atoms with E-state index in [1.165, 1.54) is 6.07 Å². The lowest BCUT2D eigenvalue weighted by molar-refractivity contribution is 0.600. The third-order valence-electron chi connectivity index (χ3n) is 3.23. The lowest BCUT2D eigenvalue weighted by Gasteiger charge is -2.16. The molecule has 3 aromatic rings. The van der Waals surface area contributed by atoms with E-state index in [-0.39, 0.29) is 11.9 Å². The molecule has 0 bridgehead atoms. The third-order valence-corrected chi connectivity index (χ3v) is 3.23. The minimum Gasteiger partial charge on any atom is -0.378 e. The molecule has 0 saturated carbocycles. The molecule has 96 valence electrons. The van der Waals surface area contributed by atoms with Gasteiger partial charge in [-0.25, -0.2) is 4.39 Å². The molecule has 19 heavy (non-hydrogen) atoms. The summed E-state index contributed by atoms with van der Waals surface area (Å²) in [7, 11) is 0. The van der Waals surface area contributed by atoms with Crippen LogP contribution in [-0.2, 0) is 0 Å². The van der Waals surface area contributed by atoms with E-state index in [9.17, 15) is 4.39 Å². The van der Waals surface area contributed by atoms with Gasteiger partial charge in [-0.1, -0.05) is 24.3 Å². The Hall–Kier alpha value is -2.36. The number of anilines is 1. The SMILES string of the molecule is CC(Nc1cccc2[nH]ncc12)c1ccccc1F. The van der Waals surface area contributed by atoms with Gasteiger partial charge in [0, 0.05) is 16.6 Å². The third kappa shape index (κ3) is 2.17. The molecule has 0 radical (unpaired) electrons. The van der Waals surface area contributed by atoms with E-state index in [2.05, 4.69) is 15.5 Å². The van der Waals surface area contributed by atoms with Gasteiger partial charge in [-0.2, -0.15) is 5.10 Å². The van der Waals surface area contributed by atoms with Gasteiger partial charge in [-0.05, 0) is 25.1 Å². The maximum absolute atomic E-state index is 13.7. The topological polar surface area (TPSA) is 40.7 Å². The van der Waals surface area contributed by atoms with Crippen LogP contribution in [0.3, 0.4) is 0 Å². The predicted molar refractivity (Wildman–Crippen MR) is 74.5 cm³/mol. The van der Waals surface area contributed by atoms with Gasteiger partial charge in [-0.15, -0.1) is 0 Å². The van der Waals surface area contributed by atoms with Gasteiger partial charge in [0.05, 0.1) is 17.8 Å². The number of H-pyrrole nitrogens is 1. The molecular formula is C15H14FN3. The summed E-state index contributed by atoms with van der Waals surface area (Å²) < 4.78 is 13.7. The van der Waals surface area contributed by atoms with Crippen molar-refractivity contribution in [2.75, 3.05) is 5.32 Å². The van der Waals surface area contributed by atoms with Crippen LogP contribution in [0.15, 0.2) is 48.7 Å². The number of fused-ring (bicyclic) bond motifs is 1. The maximum atomic E-state index is 13.7. The van der Waals surface area contributed by atoms with Gasteiger partial charge >= 0.3 is 0 Å². The molecule has 2 aromatic carbocycles. The van der Waals surface area contributed by atoms with E-state index >= 15 is 0 Å². The number of hydrogen-bond donors (Lipinski definition) is 2. The fraction of sp³-hybridized carbons (Fsp3) is 0.133. The largest absolute Gasteiger partial charge is 0.378 e. The van der Waals surface area contributed by atoms with Crippen LogP contribution >= 0.6 is 0 Å². The first-order valence-corrected chi connectivity index (χ1v) is 6.19. The number of hydrogen-bond acceptors (Lipinski definition) is 2. The Morgan fingerprint density at radius 3 is 2.84 bits per heavy atom. The van der Waals surface area contributed by atoms with Crippen molar-refractivity contribution in [2.24, 2.45) is 0 Å². The molecule has 0 amide bonds. The van der Waals surface area contributed by atoms with Crippen molar-refractivity contribution in [2.45, 2.75) is 13.0 Å². The number of benzene rings is 2. The number of rotatable bonds is 3. The van der Waals surface area contributed by atoms with Gasteiger partial charge < -0.3 is 5.32 Å². The number of halogens is 1. The van der Waals surface area contributed by atoms with Crippen LogP contribution in [0.25, 0.3) is 10.9 Å². The minimum absolute atomic E-state index is 0.110. The smallest absolute Gasteiger partial charge is 0.128 e. The summed E-state index contributed by atoms with van der Waals surface area (Å²) in [6.07, 6.45) is 1.77. The molecule has 1 heterocycles. The maximum Gasteiger partial charge on any atom is 0.128 e. The van der Waals surface area contributed by atoms with Gasteiger partial charge in [0.1, 0.15) is 5.82 Å². The molecule has 3 nitrogen and oxygen atoms in total. The molecule has 0 aliphatic carbocycles. The number of nitrogens with one attached hydrogen (secondary N) is 2. The molecule has 3 rings (SSSR count). The van der Waals surface area contributed by atoms with Crippen LogP contribution in [0.5, 0.6) is 0 Å². The van der Waals surface area contributed by atoms with Crippen molar-refractivity contribution in [1.29, 1.82) is 0 Å². The summed E-state index contributed by atoms with van der Waals surface area (Å²) in [5.74, 6) is -0.193. The van der Waals surface area contributed by atoms with Gasteiger partial charge in [0.2, 0.25) is 0 Å². The fourth-order valence-corrected chi connectivity index (χ4v) is 2.23. The second kappa shape index (κ2) is 4.72. The second-order valence-electron chi connectivity index (χ2n) is 4.52. The Morgan fingerprint density at radius 2 is 2.00 bits per heavy atom.